The van der Waals surface area contributed by atoms with Crippen LogP contribution in [0.3, 0.4) is 0 Å². The number of amides is 1. The average Bonchev–Trinajstić information content (AvgIpc) is 3.38. The molecule has 0 aromatic heterocycles. The van der Waals surface area contributed by atoms with Crippen molar-refractivity contribution >= 4 is 50.8 Å². The standard InChI is InChI=1S/C28H36Cl2N4O6S/c1-19-13-25(24(30)14-23(19)29)41(37,38)18-31-10-12-39-17-22(35)16-32-15-20-5-7-21(8-6-20)26-33-9-11-34(26)27(36)40-28(2,3)4/h5-8,13-14,31-32H,9-12,15-18H2,1-4H3. The van der Waals surface area contributed by atoms with Crippen molar-refractivity contribution in [1.82, 2.24) is 15.5 Å². The van der Waals surface area contributed by atoms with Crippen LogP contribution < -0.4 is 10.6 Å². The lowest BCUT2D eigenvalue weighted by molar-refractivity contribution is -0.122. The summed E-state index contributed by atoms with van der Waals surface area (Å²) < 4.78 is 35.9. The summed E-state index contributed by atoms with van der Waals surface area (Å²) in [4.78, 5) is 30.7. The molecule has 3 rings (SSSR count). The van der Waals surface area contributed by atoms with Gasteiger partial charge in [0.2, 0.25) is 0 Å². The maximum atomic E-state index is 12.5. The number of ketones is 1. The Kier molecular flexibility index (Phi) is 11.7. The number of rotatable bonds is 13. The normalized spacial score (nSPS) is 13.8. The second-order valence-corrected chi connectivity index (χ2v) is 13.3. The van der Waals surface area contributed by atoms with Gasteiger partial charge < -0.3 is 20.1 Å². The number of hydrogen-bond donors (Lipinski definition) is 2. The molecule has 0 radical (unpaired) electrons. The molecule has 10 nitrogen and oxygen atoms in total. The van der Waals surface area contributed by atoms with E-state index in [0.29, 0.717) is 36.1 Å². The van der Waals surface area contributed by atoms with Crippen molar-refractivity contribution < 1.29 is 27.5 Å². The zero-order chi connectivity index (χ0) is 30.2. The summed E-state index contributed by atoms with van der Waals surface area (Å²) in [7, 11) is -3.66. The number of carbonyl (C=O) groups is 2. The van der Waals surface area contributed by atoms with E-state index >= 15 is 0 Å². The highest BCUT2D eigenvalue weighted by Crippen LogP contribution is 2.28. The molecule has 41 heavy (non-hydrogen) atoms. The van der Waals surface area contributed by atoms with Gasteiger partial charge >= 0.3 is 6.09 Å². The van der Waals surface area contributed by atoms with E-state index in [0.717, 1.165) is 11.1 Å². The van der Waals surface area contributed by atoms with Gasteiger partial charge in [0.25, 0.3) is 0 Å². The second kappa shape index (κ2) is 14.6. The van der Waals surface area contributed by atoms with Crippen LogP contribution in [0.4, 0.5) is 4.79 Å². The monoisotopic (exact) mass is 626 g/mol. The number of carbonyl (C=O) groups excluding carboxylic acids is 2. The minimum absolute atomic E-state index is 0.0143. The molecule has 13 heteroatoms. The molecular formula is C28H36Cl2N4O6S. The predicted molar refractivity (Wildman–Crippen MR) is 160 cm³/mol. The molecule has 0 unspecified atom stereocenters. The molecule has 0 atom stereocenters. The van der Waals surface area contributed by atoms with Crippen molar-refractivity contribution in [3.63, 3.8) is 0 Å². The first-order valence-corrected chi connectivity index (χ1v) is 15.5. The van der Waals surface area contributed by atoms with Gasteiger partial charge in [-0.25, -0.2) is 13.2 Å². The lowest BCUT2D eigenvalue weighted by atomic mass is 10.1. The van der Waals surface area contributed by atoms with Gasteiger partial charge in [0.15, 0.2) is 15.6 Å². The lowest BCUT2D eigenvalue weighted by Gasteiger charge is -2.25. The fourth-order valence-corrected chi connectivity index (χ4v) is 5.86. The summed E-state index contributed by atoms with van der Waals surface area (Å²) in [5, 5.41) is 6.35. The number of nitrogens with zero attached hydrogens (tertiary/aromatic N) is 2. The van der Waals surface area contributed by atoms with E-state index in [9.17, 15) is 18.0 Å². The minimum Gasteiger partial charge on any atom is -0.443 e. The van der Waals surface area contributed by atoms with E-state index < -0.39 is 21.5 Å². The zero-order valence-electron chi connectivity index (χ0n) is 23.6. The highest BCUT2D eigenvalue weighted by Gasteiger charge is 2.29. The number of halogens is 2. The zero-order valence-corrected chi connectivity index (χ0v) is 26.0. The Morgan fingerprint density at radius 2 is 1.78 bits per heavy atom. The molecule has 1 aliphatic rings. The number of amidine groups is 1. The van der Waals surface area contributed by atoms with Gasteiger partial charge in [-0.1, -0.05) is 47.5 Å². The van der Waals surface area contributed by atoms with Crippen LogP contribution in [0.15, 0.2) is 46.3 Å². The number of benzene rings is 2. The van der Waals surface area contributed by atoms with E-state index in [1.54, 1.807) is 11.8 Å². The highest BCUT2D eigenvalue weighted by molar-refractivity contribution is 7.91. The number of hydrogen-bond acceptors (Lipinski definition) is 9. The molecule has 0 saturated carbocycles. The van der Waals surface area contributed by atoms with Crippen molar-refractivity contribution in [3.05, 3.63) is 63.1 Å². The predicted octanol–water partition coefficient (Wildman–Crippen LogP) is 4.00. The van der Waals surface area contributed by atoms with Crippen LogP contribution in [0.5, 0.6) is 0 Å². The Bertz CT molecular complexity index is 1380. The van der Waals surface area contributed by atoms with Gasteiger partial charge in [-0.05, 0) is 51.0 Å². The number of sulfone groups is 1. The Balaban J connectivity index is 1.33. The smallest absolute Gasteiger partial charge is 0.416 e. The highest BCUT2D eigenvalue weighted by atomic mass is 35.5. The molecule has 224 valence electrons. The Hall–Kier alpha value is -2.54. The van der Waals surface area contributed by atoms with Crippen molar-refractivity contribution in [1.29, 1.82) is 0 Å². The molecule has 0 saturated heterocycles. The Morgan fingerprint density at radius 3 is 2.46 bits per heavy atom. The molecule has 0 aliphatic carbocycles. The van der Waals surface area contributed by atoms with Crippen molar-refractivity contribution in [3.8, 4) is 0 Å². The largest absolute Gasteiger partial charge is 0.443 e. The summed E-state index contributed by atoms with van der Waals surface area (Å²) in [6.07, 6.45) is -0.418. The molecule has 2 aromatic rings. The van der Waals surface area contributed by atoms with Crippen LogP contribution in [0.25, 0.3) is 0 Å². The van der Waals surface area contributed by atoms with Crippen molar-refractivity contribution in [2.24, 2.45) is 4.99 Å². The summed E-state index contributed by atoms with van der Waals surface area (Å²) in [6.45, 7) is 9.09. The lowest BCUT2D eigenvalue weighted by Crippen LogP contribution is -2.39. The van der Waals surface area contributed by atoms with Crippen molar-refractivity contribution in [2.75, 3.05) is 45.3 Å². The third-order valence-corrected chi connectivity index (χ3v) is 8.27. The van der Waals surface area contributed by atoms with E-state index in [2.05, 4.69) is 15.6 Å². The molecular weight excluding hydrogens is 591 g/mol. The number of nitrogens with one attached hydrogen (secondary N) is 2. The third-order valence-electron chi connectivity index (χ3n) is 5.84. The average molecular weight is 628 g/mol. The van der Waals surface area contributed by atoms with Crippen molar-refractivity contribution in [2.45, 2.75) is 44.7 Å². The van der Waals surface area contributed by atoms with E-state index in [1.807, 2.05) is 45.0 Å². The van der Waals surface area contributed by atoms with Gasteiger partial charge in [-0.3, -0.25) is 14.7 Å². The molecule has 0 fully saturated rings. The van der Waals surface area contributed by atoms with Crippen LogP contribution in [0.2, 0.25) is 10.0 Å². The summed E-state index contributed by atoms with van der Waals surface area (Å²) in [5.41, 5.74) is 1.81. The first-order valence-electron chi connectivity index (χ1n) is 13.1. The molecule has 2 N–H and O–H groups in total. The SMILES string of the molecule is Cc1cc(S(=O)(=O)CNCCOCC(=O)CNCc2ccc(C3=NCCN3C(=O)OC(C)(C)C)cc2)c(Cl)cc1Cl. The van der Waals surface area contributed by atoms with Crippen LogP contribution in [-0.4, -0.2) is 81.9 Å². The first kappa shape index (κ1) is 33.0. The van der Waals surface area contributed by atoms with Crippen LogP contribution in [-0.2, 0) is 30.7 Å². The quantitative estimate of drug-likeness (QED) is 0.320. The molecule has 2 aromatic carbocycles. The summed E-state index contributed by atoms with van der Waals surface area (Å²) in [6, 6.07) is 10.5. The first-order chi connectivity index (χ1) is 19.3. The van der Waals surface area contributed by atoms with Gasteiger partial charge in [0.1, 0.15) is 23.9 Å². The number of Topliss-reactive ketones (excluding diaryl/α,β-unsaturated/α-hetero) is 1. The maximum absolute atomic E-state index is 12.5. The third kappa shape index (κ3) is 10.1. The van der Waals surface area contributed by atoms with Gasteiger partial charge in [0.05, 0.1) is 36.2 Å². The fourth-order valence-electron chi connectivity index (χ4n) is 3.84. The number of aryl methyl sites for hydroxylation is 1. The van der Waals surface area contributed by atoms with Crippen LogP contribution in [0.1, 0.15) is 37.5 Å². The van der Waals surface area contributed by atoms with Crippen LogP contribution >= 0.6 is 23.2 Å². The maximum Gasteiger partial charge on any atom is 0.416 e. The van der Waals surface area contributed by atoms with Gasteiger partial charge in [-0.2, -0.15) is 0 Å². The fraction of sp³-hybridized carbons (Fsp3) is 0.464. The molecule has 1 heterocycles. The molecule has 1 amide bonds. The minimum atomic E-state index is -3.66. The molecule has 0 bridgehead atoms. The topological polar surface area (TPSA) is 126 Å². The van der Waals surface area contributed by atoms with E-state index in [1.165, 1.54) is 12.1 Å². The summed E-state index contributed by atoms with van der Waals surface area (Å²) in [5.74, 6) is 0.130. The second-order valence-electron chi connectivity index (χ2n) is 10.5. The number of aliphatic imine (C=N–C) groups is 1. The van der Waals surface area contributed by atoms with Gasteiger partial charge in [-0.15, -0.1) is 0 Å². The summed E-state index contributed by atoms with van der Waals surface area (Å²) >= 11 is 12.0. The Morgan fingerprint density at radius 1 is 1.07 bits per heavy atom. The van der Waals surface area contributed by atoms with E-state index in [4.69, 9.17) is 32.7 Å². The Labute approximate surface area is 251 Å². The molecule has 0 spiro atoms. The number of ether oxygens (including phenoxy) is 2. The van der Waals surface area contributed by atoms with E-state index in [-0.39, 0.29) is 47.9 Å². The van der Waals surface area contributed by atoms with Gasteiger partial charge in [0, 0.05) is 23.7 Å². The molecule has 1 aliphatic heterocycles. The van der Waals surface area contributed by atoms with Crippen LogP contribution in [0, 0.1) is 6.92 Å².